The van der Waals surface area contributed by atoms with Crippen molar-refractivity contribution >= 4 is 16.3 Å². The van der Waals surface area contributed by atoms with Gasteiger partial charge in [-0.25, -0.2) is 4.98 Å². The summed E-state index contributed by atoms with van der Waals surface area (Å²) in [6.07, 6.45) is 1.94. The first-order valence-corrected chi connectivity index (χ1v) is 6.73. The molecular formula is C12H16N4S. The van der Waals surface area contributed by atoms with Gasteiger partial charge in [0.2, 0.25) is 0 Å². The number of aromatic nitrogens is 2. The average Bonchev–Trinajstić information content (AvgIpc) is 2.99. The molecule has 1 aliphatic rings. The van der Waals surface area contributed by atoms with Gasteiger partial charge in [-0.1, -0.05) is 11.3 Å². The first-order valence-electron chi connectivity index (χ1n) is 5.91. The van der Waals surface area contributed by atoms with E-state index in [0.29, 0.717) is 0 Å². The van der Waals surface area contributed by atoms with Crippen LogP contribution in [0.3, 0.4) is 0 Å². The maximum Gasteiger partial charge on any atom is 0.141 e. The molecule has 2 N–H and O–H groups in total. The van der Waals surface area contributed by atoms with Crippen molar-refractivity contribution in [3.8, 4) is 10.7 Å². The molecule has 90 valence electrons. The maximum absolute atomic E-state index is 4.65. The molecule has 0 saturated carbocycles. The zero-order valence-corrected chi connectivity index (χ0v) is 10.7. The zero-order chi connectivity index (χ0) is 11.7. The Morgan fingerprint density at radius 2 is 2.18 bits per heavy atom. The zero-order valence-electron chi connectivity index (χ0n) is 9.86. The number of piperazine rings is 1. The Bertz CT molecular complexity index is 483. The summed E-state index contributed by atoms with van der Waals surface area (Å²) in [7, 11) is 0. The van der Waals surface area contributed by atoms with Crippen molar-refractivity contribution in [3.05, 3.63) is 24.0 Å². The number of aryl methyl sites for hydroxylation is 1. The second-order valence-corrected chi connectivity index (χ2v) is 5.21. The smallest absolute Gasteiger partial charge is 0.141 e. The molecule has 1 fully saturated rings. The Kier molecular flexibility index (Phi) is 2.86. The van der Waals surface area contributed by atoms with Crippen LogP contribution in [0.1, 0.15) is 5.69 Å². The van der Waals surface area contributed by atoms with E-state index in [-0.39, 0.29) is 0 Å². The lowest BCUT2D eigenvalue weighted by Gasteiger charge is -2.28. The summed E-state index contributed by atoms with van der Waals surface area (Å²) in [5.74, 6) is 0. The number of nitrogens with one attached hydrogen (secondary N) is 2. The molecule has 0 atom stereocenters. The van der Waals surface area contributed by atoms with Crippen LogP contribution in [0.4, 0.5) is 5.00 Å². The van der Waals surface area contributed by atoms with Gasteiger partial charge < -0.3 is 15.2 Å². The third-order valence-electron chi connectivity index (χ3n) is 3.00. The fourth-order valence-corrected chi connectivity index (χ4v) is 3.24. The highest BCUT2D eigenvalue weighted by molar-refractivity contribution is 7.19. The van der Waals surface area contributed by atoms with Crippen LogP contribution in [-0.2, 0) is 0 Å². The highest BCUT2D eigenvalue weighted by atomic mass is 32.1. The largest absolute Gasteiger partial charge is 0.359 e. The first-order chi connectivity index (χ1) is 8.34. The monoisotopic (exact) mass is 248 g/mol. The van der Waals surface area contributed by atoms with Gasteiger partial charge in [0.1, 0.15) is 10.0 Å². The standard InChI is InChI=1S/C12H16N4S/c1-9-12(16-7-5-13-6-8-16)17-11(15-9)10-3-2-4-14-10/h2-4,13-14H,5-8H2,1H3. The summed E-state index contributed by atoms with van der Waals surface area (Å²) in [5.41, 5.74) is 2.25. The fraction of sp³-hybridized carbons (Fsp3) is 0.417. The topological polar surface area (TPSA) is 44.0 Å². The van der Waals surface area contributed by atoms with E-state index in [1.165, 1.54) is 5.00 Å². The first kappa shape index (κ1) is 10.8. The lowest BCUT2D eigenvalue weighted by molar-refractivity contribution is 0.591. The van der Waals surface area contributed by atoms with Gasteiger partial charge in [-0.3, -0.25) is 0 Å². The highest BCUT2D eigenvalue weighted by Gasteiger charge is 2.17. The van der Waals surface area contributed by atoms with Crippen LogP contribution in [-0.4, -0.2) is 36.1 Å². The molecule has 1 aliphatic heterocycles. The van der Waals surface area contributed by atoms with E-state index >= 15 is 0 Å². The van der Waals surface area contributed by atoms with Crippen molar-refractivity contribution in [2.75, 3.05) is 31.1 Å². The molecule has 3 heterocycles. The van der Waals surface area contributed by atoms with Gasteiger partial charge in [0.25, 0.3) is 0 Å². The van der Waals surface area contributed by atoms with Crippen molar-refractivity contribution in [1.29, 1.82) is 0 Å². The van der Waals surface area contributed by atoms with E-state index in [0.717, 1.165) is 42.6 Å². The molecule has 0 amide bonds. The molecule has 0 aliphatic carbocycles. The molecule has 4 nitrogen and oxygen atoms in total. The van der Waals surface area contributed by atoms with Crippen molar-refractivity contribution in [3.63, 3.8) is 0 Å². The van der Waals surface area contributed by atoms with Crippen LogP contribution in [0, 0.1) is 6.92 Å². The number of H-pyrrole nitrogens is 1. The Morgan fingerprint density at radius 3 is 2.88 bits per heavy atom. The molecule has 0 radical (unpaired) electrons. The number of thiazole rings is 1. The van der Waals surface area contributed by atoms with Crippen molar-refractivity contribution < 1.29 is 0 Å². The molecule has 17 heavy (non-hydrogen) atoms. The van der Waals surface area contributed by atoms with Crippen LogP contribution in [0.2, 0.25) is 0 Å². The molecule has 0 bridgehead atoms. The van der Waals surface area contributed by atoms with E-state index < -0.39 is 0 Å². The number of rotatable bonds is 2. The third kappa shape index (κ3) is 2.08. The Morgan fingerprint density at radius 1 is 1.35 bits per heavy atom. The third-order valence-corrected chi connectivity index (χ3v) is 4.26. The van der Waals surface area contributed by atoms with E-state index in [4.69, 9.17) is 0 Å². The molecule has 1 saturated heterocycles. The van der Waals surface area contributed by atoms with Crippen LogP contribution >= 0.6 is 11.3 Å². The molecule has 0 spiro atoms. The van der Waals surface area contributed by atoms with Crippen molar-refractivity contribution in [2.24, 2.45) is 0 Å². The molecule has 2 aromatic rings. The second kappa shape index (κ2) is 4.50. The molecule has 5 heteroatoms. The molecule has 0 unspecified atom stereocenters. The Balaban J connectivity index is 1.90. The van der Waals surface area contributed by atoms with Gasteiger partial charge in [0, 0.05) is 32.4 Å². The van der Waals surface area contributed by atoms with E-state index in [1.807, 2.05) is 12.3 Å². The van der Waals surface area contributed by atoms with Gasteiger partial charge in [-0.05, 0) is 19.1 Å². The van der Waals surface area contributed by atoms with Gasteiger partial charge in [-0.15, -0.1) is 0 Å². The fourth-order valence-electron chi connectivity index (χ4n) is 2.13. The Labute approximate surface area is 105 Å². The van der Waals surface area contributed by atoms with Crippen LogP contribution in [0.15, 0.2) is 18.3 Å². The molecular weight excluding hydrogens is 232 g/mol. The highest BCUT2D eigenvalue weighted by Crippen LogP contribution is 2.33. The van der Waals surface area contributed by atoms with Gasteiger partial charge in [-0.2, -0.15) is 0 Å². The van der Waals surface area contributed by atoms with Crippen LogP contribution < -0.4 is 10.2 Å². The maximum atomic E-state index is 4.65. The quantitative estimate of drug-likeness (QED) is 0.852. The number of hydrogen-bond acceptors (Lipinski definition) is 4. The summed E-state index contributed by atoms with van der Waals surface area (Å²) < 4.78 is 0. The predicted octanol–water partition coefficient (Wildman–Crippen LogP) is 1.86. The summed E-state index contributed by atoms with van der Waals surface area (Å²) in [6.45, 7) is 6.38. The Hall–Kier alpha value is -1.33. The summed E-state index contributed by atoms with van der Waals surface area (Å²) in [5, 5.41) is 5.77. The van der Waals surface area contributed by atoms with Gasteiger partial charge >= 0.3 is 0 Å². The minimum absolute atomic E-state index is 1.06. The molecule has 0 aromatic carbocycles. The summed E-state index contributed by atoms with van der Waals surface area (Å²) >= 11 is 1.78. The minimum atomic E-state index is 1.06. The number of nitrogens with zero attached hydrogens (tertiary/aromatic N) is 2. The van der Waals surface area contributed by atoms with Crippen LogP contribution in [0.25, 0.3) is 10.7 Å². The summed E-state index contributed by atoms with van der Waals surface area (Å²) in [4.78, 5) is 10.3. The second-order valence-electron chi connectivity index (χ2n) is 4.23. The van der Waals surface area contributed by atoms with Crippen LogP contribution in [0.5, 0.6) is 0 Å². The van der Waals surface area contributed by atoms with Crippen molar-refractivity contribution in [1.82, 2.24) is 15.3 Å². The molecule has 3 rings (SSSR count). The minimum Gasteiger partial charge on any atom is -0.359 e. The lowest BCUT2D eigenvalue weighted by Crippen LogP contribution is -2.43. The average molecular weight is 248 g/mol. The van der Waals surface area contributed by atoms with Gasteiger partial charge in [0.05, 0.1) is 11.4 Å². The SMILES string of the molecule is Cc1nc(-c2ccc[nH]2)sc1N1CCNCC1. The number of aromatic amines is 1. The normalized spacial score (nSPS) is 16.4. The number of hydrogen-bond donors (Lipinski definition) is 2. The summed E-state index contributed by atoms with van der Waals surface area (Å²) in [6, 6.07) is 4.08. The number of anilines is 1. The lowest BCUT2D eigenvalue weighted by atomic mass is 10.3. The van der Waals surface area contributed by atoms with E-state index in [1.54, 1.807) is 11.3 Å². The molecule has 2 aromatic heterocycles. The van der Waals surface area contributed by atoms with Gasteiger partial charge in [0.15, 0.2) is 0 Å². The van der Waals surface area contributed by atoms with E-state index in [9.17, 15) is 0 Å². The van der Waals surface area contributed by atoms with Crippen molar-refractivity contribution in [2.45, 2.75) is 6.92 Å². The van der Waals surface area contributed by atoms with E-state index in [2.05, 4.69) is 33.2 Å². The predicted molar refractivity (Wildman–Crippen MR) is 71.7 cm³/mol.